The average Bonchev–Trinajstić information content (AvgIpc) is 2.38. The molecule has 0 aliphatic carbocycles. The first kappa shape index (κ1) is 13.8. The van der Waals surface area contributed by atoms with Crippen molar-refractivity contribution in [2.45, 2.75) is 6.42 Å². The van der Waals surface area contributed by atoms with Crippen LogP contribution in [-0.2, 0) is 0 Å². The molecular weight excluding hydrogens is 244 g/mol. The molecule has 0 radical (unpaired) electrons. The van der Waals surface area contributed by atoms with Crippen molar-refractivity contribution in [3.05, 3.63) is 23.8 Å². The number of benzene rings is 1. The molecular formula is C12H15ClO4. The standard InChI is InChI=1S/C12H15ClO4/c1-16-12-7-9(10(15)8-14)3-4-11(12)17-6-2-5-13/h3-4,7,14H,2,5-6,8H2,1H3. The molecule has 5 heteroatoms. The molecule has 0 heterocycles. The Morgan fingerprint density at radius 2 is 2.18 bits per heavy atom. The molecule has 0 aromatic heterocycles. The molecule has 1 N–H and O–H groups in total. The molecule has 94 valence electrons. The molecule has 1 aromatic rings. The van der Waals surface area contributed by atoms with Crippen molar-refractivity contribution in [2.75, 3.05) is 26.2 Å². The first-order valence-electron chi connectivity index (χ1n) is 5.23. The van der Waals surface area contributed by atoms with Crippen molar-refractivity contribution < 1.29 is 19.4 Å². The minimum atomic E-state index is -0.518. The topological polar surface area (TPSA) is 55.8 Å². The quantitative estimate of drug-likeness (QED) is 0.461. The Kier molecular flexibility index (Phi) is 5.80. The van der Waals surface area contributed by atoms with E-state index in [0.717, 1.165) is 6.42 Å². The molecule has 0 saturated carbocycles. The summed E-state index contributed by atoms with van der Waals surface area (Å²) in [7, 11) is 1.50. The van der Waals surface area contributed by atoms with Crippen LogP contribution in [-0.4, -0.2) is 37.1 Å². The fraction of sp³-hybridized carbons (Fsp3) is 0.417. The lowest BCUT2D eigenvalue weighted by atomic mass is 10.1. The van der Waals surface area contributed by atoms with Crippen LogP contribution in [0.25, 0.3) is 0 Å². The molecule has 17 heavy (non-hydrogen) atoms. The molecule has 1 aromatic carbocycles. The molecule has 0 atom stereocenters. The van der Waals surface area contributed by atoms with E-state index in [1.54, 1.807) is 18.2 Å². The zero-order chi connectivity index (χ0) is 12.7. The number of carbonyl (C=O) groups excluding carboxylic acids is 1. The summed E-state index contributed by atoms with van der Waals surface area (Å²) in [5, 5.41) is 8.76. The summed E-state index contributed by atoms with van der Waals surface area (Å²) in [6.45, 7) is -0.0250. The van der Waals surface area contributed by atoms with Gasteiger partial charge in [0.1, 0.15) is 6.61 Å². The number of ether oxygens (including phenoxy) is 2. The van der Waals surface area contributed by atoms with E-state index < -0.39 is 6.61 Å². The molecule has 1 rings (SSSR count). The van der Waals surface area contributed by atoms with Crippen LogP contribution in [0.15, 0.2) is 18.2 Å². The number of aliphatic hydroxyl groups excluding tert-OH is 1. The maximum Gasteiger partial charge on any atom is 0.188 e. The minimum Gasteiger partial charge on any atom is -0.493 e. The van der Waals surface area contributed by atoms with E-state index in [4.69, 9.17) is 26.2 Å². The lowest BCUT2D eigenvalue weighted by Gasteiger charge is -2.11. The van der Waals surface area contributed by atoms with E-state index in [9.17, 15) is 4.79 Å². The van der Waals surface area contributed by atoms with E-state index in [1.807, 2.05) is 0 Å². The van der Waals surface area contributed by atoms with Crippen LogP contribution in [0.2, 0.25) is 0 Å². The second-order valence-electron chi connectivity index (χ2n) is 3.34. The summed E-state index contributed by atoms with van der Waals surface area (Å²) in [5.74, 6) is 1.21. The van der Waals surface area contributed by atoms with Gasteiger partial charge in [0.25, 0.3) is 0 Å². The number of ketones is 1. The van der Waals surface area contributed by atoms with Gasteiger partial charge >= 0.3 is 0 Å². The van der Waals surface area contributed by atoms with Crippen LogP contribution >= 0.6 is 11.6 Å². The number of aliphatic hydroxyl groups is 1. The van der Waals surface area contributed by atoms with Gasteiger partial charge in [-0.15, -0.1) is 11.6 Å². The first-order valence-corrected chi connectivity index (χ1v) is 5.77. The molecule has 0 aliphatic heterocycles. The third kappa shape index (κ3) is 3.91. The molecule has 0 fully saturated rings. The lowest BCUT2D eigenvalue weighted by molar-refractivity contribution is 0.0903. The summed E-state index contributed by atoms with van der Waals surface area (Å²) < 4.78 is 10.6. The third-order valence-electron chi connectivity index (χ3n) is 2.16. The lowest BCUT2D eigenvalue weighted by Crippen LogP contribution is -2.05. The zero-order valence-electron chi connectivity index (χ0n) is 9.61. The molecule has 0 aliphatic rings. The van der Waals surface area contributed by atoms with E-state index in [2.05, 4.69) is 0 Å². The highest BCUT2D eigenvalue weighted by atomic mass is 35.5. The number of methoxy groups -OCH3 is 1. The number of hydrogen-bond donors (Lipinski definition) is 1. The molecule has 0 bridgehead atoms. The summed E-state index contributed by atoms with van der Waals surface area (Å²) >= 11 is 5.54. The highest BCUT2D eigenvalue weighted by molar-refractivity contribution is 6.17. The first-order chi connectivity index (χ1) is 8.22. The smallest absolute Gasteiger partial charge is 0.188 e. The van der Waals surface area contributed by atoms with E-state index in [-0.39, 0.29) is 5.78 Å². The Labute approximate surface area is 105 Å². The predicted molar refractivity (Wildman–Crippen MR) is 65.2 cm³/mol. The van der Waals surface area contributed by atoms with Crippen molar-refractivity contribution in [2.24, 2.45) is 0 Å². The van der Waals surface area contributed by atoms with E-state index in [0.29, 0.717) is 29.5 Å². The van der Waals surface area contributed by atoms with Gasteiger partial charge in [-0.3, -0.25) is 4.79 Å². The van der Waals surface area contributed by atoms with Gasteiger partial charge in [-0.25, -0.2) is 0 Å². The second-order valence-corrected chi connectivity index (χ2v) is 3.72. The van der Waals surface area contributed by atoms with Gasteiger partial charge in [-0.2, -0.15) is 0 Å². The van der Waals surface area contributed by atoms with E-state index >= 15 is 0 Å². The second kappa shape index (κ2) is 7.14. The Morgan fingerprint density at radius 1 is 1.41 bits per heavy atom. The maximum atomic E-state index is 11.3. The van der Waals surface area contributed by atoms with Gasteiger partial charge in [-0.1, -0.05) is 0 Å². The Morgan fingerprint density at radius 3 is 2.76 bits per heavy atom. The van der Waals surface area contributed by atoms with Crippen molar-refractivity contribution in [1.29, 1.82) is 0 Å². The number of halogens is 1. The molecule has 4 nitrogen and oxygen atoms in total. The third-order valence-corrected chi connectivity index (χ3v) is 2.43. The monoisotopic (exact) mass is 258 g/mol. The summed E-state index contributed by atoms with van der Waals surface area (Å²) in [6.07, 6.45) is 0.738. The van der Waals surface area contributed by atoms with E-state index in [1.165, 1.54) is 7.11 Å². The number of hydrogen-bond acceptors (Lipinski definition) is 4. The van der Waals surface area contributed by atoms with Crippen molar-refractivity contribution in [3.63, 3.8) is 0 Å². The Hall–Kier alpha value is -1.26. The highest BCUT2D eigenvalue weighted by Crippen LogP contribution is 2.28. The molecule has 0 saturated heterocycles. The van der Waals surface area contributed by atoms with Crippen LogP contribution < -0.4 is 9.47 Å². The van der Waals surface area contributed by atoms with Crippen LogP contribution in [0.1, 0.15) is 16.8 Å². The number of carbonyl (C=O) groups is 1. The van der Waals surface area contributed by atoms with Crippen molar-refractivity contribution in [3.8, 4) is 11.5 Å². The fourth-order valence-corrected chi connectivity index (χ4v) is 1.40. The van der Waals surface area contributed by atoms with Gasteiger partial charge in [0, 0.05) is 11.4 Å². The average molecular weight is 259 g/mol. The Balaban J connectivity index is 2.81. The van der Waals surface area contributed by atoms with Gasteiger partial charge < -0.3 is 14.6 Å². The predicted octanol–water partition coefficient (Wildman–Crippen LogP) is 1.88. The number of rotatable bonds is 7. The molecule has 0 amide bonds. The van der Waals surface area contributed by atoms with Crippen molar-refractivity contribution >= 4 is 17.4 Å². The van der Waals surface area contributed by atoms with Crippen LogP contribution in [0.4, 0.5) is 0 Å². The Bertz CT molecular complexity index is 379. The molecule has 0 spiro atoms. The SMILES string of the molecule is COc1cc(C(=O)CO)ccc1OCCCCl. The summed E-state index contributed by atoms with van der Waals surface area (Å²) in [4.78, 5) is 11.3. The molecule has 0 unspecified atom stereocenters. The van der Waals surface area contributed by atoms with Crippen LogP contribution in [0.3, 0.4) is 0 Å². The van der Waals surface area contributed by atoms with Gasteiger partial charge in [0.15, 0.2) is 17.3 Å². The van der Waals surface area contributed by atoms with Crippen molar-refractivity contribution in [1.82, 2.24) is 0 Å². The number of alkyl halides is 1. The largest absolute Gasteiger partial charge is 0.493 e. The summed E-state index contributed by atoms with van der Waals surface area (Å²) in [5.41, 5.74) is 0.397. The minimum absolute atomic E-state index is 0.351. The van der Waals surface area contributed by atoms with Gasteiger partial charge in [0.2, 0.25) is 0 Å². The maximum absolute atomic E-state index is 11.3. The normalized spacial score (nSPS) is 10.1. The zero-order valence-corrected chi connectivity index (χ0v) is 10.4. The highest BCUT2D eigenvalue weighted by Gasteiger charge is 2.10. The summed E-state index contributed by atoms with van der Waals surface area (Å²) in [6, 6.07) is 4.79. The van der Waals surface area contributed by atoms with Gasteiger partial charge in [-0.05, 0) is 24.6 Å². The van der Waals surface area contributed by atoms with Crippen LogP contribution in [0, 0.1) is 0 Å². The fourth-order valence-electron chi connectivity index (χ4n) is 1.29. The van der Waals surface area contributed by atoms with Gasteiger partial charge in [0.05, 0.1) is 13.7 Å². The van der Waals surface area contributed by atoms with Crippen LogP contribution in [0.5, 0.6) is 11.5 Å². The number of Topliss-reactive ketones (excluding diaryl/α,β-unsaturated/α-hetero) is 1.